The molecule has 2 unspecified atom stereocenters. The highest BCUT2D eigenvalue weighted by Gasteiger charge is 2.61. The van der Waals surface area contributed by atoms with Crippen molar-refractivity contribution in [2.75, 3.05) is 23.3 Å². The first-order chi connectivity index (χ1) is 15.2. The molecule has 174 valence electrons. The smallest absolute Gasteiger partial charge is 0.410 e. The number of anilines is 2. The van der Waals surface area contributed by atoms with Crippen molar-refractivity contribution in [3.05, 3.63) is 11.8 Å². The normalized spacial score (nSPS) is 27.1. The summed E-state index contributed by atoms with van der Waals surface area (Å²) in [6.07, 6.45) is 8.47. The monoisotopic (exact) mass is 441 g/mol. The number of rotatable bonds is 3. The molecule has 4 aliphatic rings. The highest BCUT2D eigenvalue weighted by molar-refractivity contribution is 6.09. The van der Waals surface area contributed by atoms with Gasteiger partial charge in [-0.05, 0) is 65.2 Å². The summed E-state index contributed by atoms with van der Waals surface area (Å²) in [4.78, 5) is 38.9. The van der Waals surface area contributed by atoms with Crippen molar-refractivity contribution in [1.82, 2.24) is 14.9 Å². The van der Waals surface area contributed by atoms with Gasteiger partial charge in [0.25, 0.3) is 0 Å². The minimum absolute atomic E-state index is 0.192. The highest BCUT2D eigenvalue weighted by atomic mass is 16.6. The fraction of sp³-hybridized carbons (Fsp3) is 0.750. The van der Waals surface area contributed by atoms with E-state index in [0.29, 0.717) is 25.0 Å². The molecule has 0 bridgehead atoms. The molecule has 0 aromatic carbocycles. The topological polar surface area (TPSA) is 87.7 Å². The number of ether oxygens (including phenoxy) is 1. The molecular weight excluding hydrogens is 406 g/mol. The zero-order chi connectivity index (χ0) is 22.7. The fourth-order valence-corrected chi connectivity index (χ4v) is 5.55. The van der Waals surface area contributed by atoms with Gasteiger partial charge in [-0.15, -0.1) is 0 Å². The lowest BCUT2D eigenvalue weighted by atomic mass is 10.0. The summed E-state index contributed by atoms with van der Waals surface area (Å²) in [5.74, 6) is 2.16. The molecule has 0 radical (unpaired) electrons. The number of piperidine rings is 1. The number of nitrogens with one attached hydrogen (secondary N) is 1. The van der Waals surface area contributed by atoms with E-state index in [4.69, 9.17) is 9.72 Å². The Kier molecular flexibility index (Phi) is 5.09. The van der Waals surface area contributed by atoms with Crippen LogP contribution in [0.1, 0.15) is 78.2 Å². The molecule has 1 N–H and O–H groups in total. The summed E-state index contributed by atoms with van der Waals surface area (Å²) in [6.45, 7) is 9.19. The predicted molar refractivity (Wildman–Crippen MR) is 122 cm³/mol. The van der Waals surface area contributed by atoms with Crippen molar-refractivity contribution in [3.63, 3.8) is 0 Å². The average molecular weight is 442 g/mol. The fourth-order valence-electron chi connectivity index (χ4n) is 5.55. The largest absolute Gasteiger partial charge is 0.444 e. The molecule has 32 heavy (non-hydrogen) atoms. The van der Waals surface area contributed by atoms with Gasteiger partial charge < -0.3 is 15.0 Å². The predicted octanol–water partition coefficient (Wildman–Crippen LogP) is 3.85. The Balaban J connectivity index is 1.28. The third-order valence-corrected chi connectivity index (χ3v) is 7.52. The molecule has 2 aliphatic carbocycles. The molecule has 8 nitrogen and oxygen atoms in total. The minimum atomic E-state index is -0.483. The van der Waals surface area contributed by atoms with Crippen molar-refractivity contribution in [2.24, 2.45) is 5.92 Å². The van der Waals surface area contributed by atoms with E-state index in [-0.39, 0.29) is 29.5 Å². The molecule has 1 aromatic rings. The van der Waals surface area contributed by atoms with Crippen LogP contribution in [0.25, 0.3) is 0 Å². The molecular formula is C24H35N5O3. The minimum Gasteiger partial charge on any atom is -0.444 e. The summed E-state index contributed by atoms with van der Waals surface area (Å²) in [7, 11) is 0. The van der Waals surface area contributed by atoms with Crippen LogP contribution in [0.4, 0.5) is 16.6 Å². The molecule has 1 saturated heterocycles. The third-order valence-electron chi connectivity index (χ3n) is 7.52. The van der Waals surface area contributed by atoms with Crippen molar-refractivity contribution >= 4 is 23.8 Å². The standard InChI is InChI=1S/C24H35N5O3/c1-15-6-5-7-18(15)29-19-17(24(10-11-24)20(29)30)14-25-21(27-19)26-16-8-12-28(13-9-16)22(31)32-23(2,3)4/h14-16,18H,5-13H2,1-4H3,(H,25,26,27). The quantitative estimate of drug-likeness (QED) is 0.766. The molecule has 8 heteroatoms. The van der Waals surface area contributed by atoms with Crippen LogP contribution < -0.4 is 10.2 Å². The molecule has 3 heterocycles. The Morgan fingerprint density at radius 2 is 1.91 bits per heavy atom. The Labute approximate surface area is 190 Å². The number of hydrogen-bond donors (Lipinski definition) is 1. The highest BCUT2D eigenvalue weighted by Crippen LogP contribution is 2.58. The van der Waals surface area contributed by atoms with E-state index in [1.165, 1.54) is 12.8 Å². The van der Waals surface area contributed by atoms with Crippen molar-refractivity contribution in [1.29, 1.82) is 0 Å². The second kappa shape index (κ2) is 7.59. The van der Waals surface area contributed by atoms with Crippen LogP contribution >= 0.6 is 0 Å². The van der Waals surface area contributed by atoms with Crippen LogP contribution in [-0.4, -0.2) is 57.6 Å². The molecule has 2 atom stereocenters. The molecule has 2 aliphatic heterocycles. The third kappa shape index (κ3) is 3.71. The van der Waals surface area contributed by atoms with Crippen molar-refractivity contribution < 1.29 is 14.3 Å². The zero-order valence-electron chi connectivity index (χ0n) is 19.7. The number of carbonyl (C=O) groups is 2. The van der Waals surface area contributed by atoms with Gasteiger partial charge in [0.1, 0.15) is 11.4 Å². The Morgan fingerprint density at radius 1 is 1.19 bits per heavy atom. The van der Waals surface area contributed by atoms with E-state index in [2.05, 4.69) is 17.2 Å². The van der Waals surface area contributed by atoms with Crippen LogP contribution in [0, 0.1) is 5.92 Å². The van der Waals surface area contributed by atoms with Gasteiger partial charge >= 0.3 is 6.09 Å². The Bertz CT molecular complexity index is 915. The number of likely N-dealkylation sites (tertiary alicyclic amines) is 1. The van der Waals surface area contributed by atoms with Crippen LogP contribution in [0.2, 0.25) is 0 Å². The lowest BCUT2D eigenvalue weighted by molar-refractivity contribution is -0.120. The maximum atomic E-state index is 13.4. The van der Waals surface area contributed by atoms with Crippen molar-refractivity contribution in [3.8, 4) is 0 Å². The first-order valence-electron chi connectivity index (χ1n) is 12.1. The van der Waals surface area contributed by atoms with Gasteiger partial charge in [-0.3, -0.25) is 9.69 Å². The van der Waals surface area contributed by atoms with E-state index in [1.54, 1.807) is 4.90 Å². The van der Waals surface area contributed by atoms with E-state index in [9.17, 15) is 9.59 Å². The van der Waals surface area contributed by atoms with Crippen LogP contribution in [0.3, 0.4) is 0 Å². The number of hydrogen-bond acceptors (Lipinski definition) is 6. The Hall–Kier alpha value is -2.38. The number of nitrogens with zero attached hydrogens (tertiary/aromatic N) is 4. The number of carbonyl (C=O) groups excluding carboxylic acids is 2. The lowest BCUT2D eigenvalue weighted by Crippen LogP contribution is -2.44. The lowest BCUT2D eigenvalue weighted by Gasteiger charge is -2.33. The molecule has 5 rings (SSSR count). The van der Waals surface area contributed by atoms with Gasteiger partial charge in [0.05, 0.1) is 5.41 Å². The summed E-state index contributed by atoms with van der Waals surface area (Å²) in [6, 6.07) is 0.443. The molecule has 1 spiro atoms. The molecule has 3 fully saturated rings. The first kappa shape index (κ1) is 21.5. The molecule has 2 amide bonds. The van der Waals surface area contributed by atoms with Gasteiger partial charge in [0.15, 0.2) is 0 Å². The Morgan fingerprint density at radius 3 is 2.50 bits per heavy atom. The first-order valence-corrected chi connectivity index (χ1v) is 12.1. The van der Waals surface area contributed by atoms with Gasteiger partial charge in [0.2, 0.25) is 11.9 Å². The van der Waals surface area contributed by atoms with Gasteiger partial charge in [0, 0.05) is 36.9 Å². The summed E-state index contributed by atoms with van der Waals surface area (Å²) < 4.78 is 5.49. The second-order valence-electron chi connectivity index (χ2n) is 11.0. The van der Waals surface area contributed by atoms with Gasteiger partial charge in [-0.2, -0.15) is 4.98 Å². The maximum absolute atomic E-state index is 13.4. The summed E-state index contributed by atoms with van der Waals surface area (Å²) in [5, 5.41) is 3.46. The van der Waals surface area contributed by atoms with E-state index in [0.717, 1.165) is 43.5 Å². The van der Waals surface area contributed by atoms with Crippen LogP contribution in [0.5, 0.6) is 0 Å². The second-order valence-corrected chi connectivity index (χ2v) is 11.0. The number of aromatic nitrogens is 2. The zero-order valence-corrected chi connectivity index (χ0v) is 19.7. The van der Waals surface area contributed by atoms with Gasteiger partial charge in [-0.25, -0.2) is 9.78 Å². The van der Waals surface area contributed by atoms with E-state index >= 15 is 0 Å². The number of fused-ring (bicyclic) bond motifs is 2. The van der Waals surface area contributed by atoms with Crippen LogP contribution in [0.15, 0.2) is 6.20 Å². The van der Waals surface area contributed by atoms with Crippen LogP contribution in [-0.2, 0) is 14.9 Å². The molecule has 2 saturated carbocycles. The molecule has 1 aromatic heterocycles. The summed E-state index contributed by atoms with van der Waals surface area (Å²) in [5.41, 5.74) is 0.185. The number of amides is 2. The van der Waals surface area contributed by atoms with Gasteiger partial charge in [-0.1, -0.05) is 13.3 Å². The van der Waals surface area contributed by atoms with E-state index in [1.807, 2.05) is 31.9 Å². The summed E-state index contributed by atoms with van der Waals surface area (Å²) >= 11 is 0. The van der Waals surface area contributed by atoms with E-state index < -0.39 is 5.60 Å². The SMILES string of the molecule is CC1CCCC1N1C(=O)C2(CC2)c2cnc(NC3CCN(C(=O)OC(C)(C)C)CC3)nc21. The average Bonchev–Trinajstić information content (AvgIpc) is 3.38. The van der Waals surface area contributed by atoms with Crippen molar-refractivity contribution in [2.45, 2.75) is 95.7 Å². The maximum Gasteiger partial charge on any atom is 0.410 e.